The van der Waals surface area contributed by atoms with Crippen LogP contribution in [-0.4, -0.2) is 31.8 Å². The molecule has 1 unspecified atom stereocenters. The Hall–Kier alpha value is -2.33. The van der Waals surface area contributed by atoms with Crippen LogP contribution in [0.1, 0.15) is 25.3 Å². The largest absolute Gasteiger partial charge is 0.491 e. The summed E-state index contributed by atoms with van der Waals surface area (Å²) in [5.41, 5.74) is 0.549. The average Bonchev–Trinajstić information content (AvgIpc) is 2.68. The van der Waals surface area contributed by atoms with Crippen LogP contribution in [0.5, 0.6) is 5.75 Å². The molecule has 2 aromatic carbocycles. The highest BCUT2D eigenvalue weighted by molar-refractivity contribution is 5.88. The van der Waals surface area contributed by atoms with Gasteiger partial charge < -0.3 is 14.8 Å². The van der Waals surface area contributed by atoms with Crippen LogP contribution in [0.25, 0.3) is 0 Å². The van der Waals surface area contributed by atoms with Gasteiger partial charge in [-0.3, -0.25) is 4.79 Å². The van der Waals surface area contributed by atoms with Gasteiger partial charge in [0.2, 0.25) is 5.91 Å². The molecular formula is C21H25NO3. The van der Waals surface area contributed by atoms with Crippen molar-refractivity contribution in [2.45, 2.75) is 31.2 Å². The van der Waals surface area contributed by atoms with Gasteiger partial charge in [0.25, 0.3) is 0 Å². The normalized spacial score (nSPS) is 17.5. The fourth-order valence-electron chi connectivity index (χ4n) is 3.27. The lowest BCUT2D eigenvalue weighted by atomic mass is 9.73. The molecule has 3 rings (SSSR count). The van der Waals surface area contributed by atoms with Crippen molar-refractivity contribution in [1.29, 1.82) is 0 Å². The summed E-state index contributed by atoms with van der Waals surface area (Å²) in [6, 6.07) is 19.6. The third-order valence-electron chi connectivity index (χ3n) is 4.73. The second-order valence-electron chi connectivity index (χ2n) is 6.56. The van der Waals surface area contributed by atoms with Gasteiger partial charge in [-0.15, -0.1) is 0 Å². The molecule has 1 heterocycles. The Morgan fingerprint density at radius 1 is 1.08 bits per heavy atom. The van der Waals surface area contributed by atoms with Gasteiger partial charge in [-0.25, -0.2) is 0 Å². The number of rotatable bonds is 6. The Morgan fingerprint density at radius 2 is 1.68 bits per heavy atom. The number of hydrogen-bond donors (Lipinski definition) is 1. The molecule has 0 saturated carbocycles. The lowest BCUT2D eigenvalue weighted by Gasteiger charge is -2.37. The number of nitrogens with one attached hydrogen (secondary N) is 1. The molecule has 1 atom stereocenters. The molecule has 132 valence electrons. The SMILES string of the molecule is CC(COc1ccccc1)NC(=O)C1(c2ccccc2)CCOCC1. The summed E-state index contributed by atoms with van der Waals surface area (Å²) in [5.74, 6) is 0.874. The highest BCUT2D eigenvalue weighted by Gasteiger charge is 2.41. The Bertz CT molecular complexity index is 666. The van der Waals surface area contributed by atoms with E-state index in [0.717, 1.165) is 11.3 Å². The number of amides is 1. The minimum absolute atomic E-state index is 0.0613. The lowest BCUT2D eigenvalue weighted by Crippen LogP contribution is -2.51. The molecule has 1 amide bonds. The maximum Gasteiger partial charge on any atom is 0.231 e. The van der Waals surface area contributed by atoms with Gasteiger partial charge in [0, 0.05) is 13.2 Å². The van der Waals surface area contributed by atoms with Crippen molar-refractivity contribution in [3.63, 3.8) is 0 Å². The van der Waals surface area contributed by atoms with Crippen molar-refractivity contribution in [2.75, 3.05) is 19.8 Å². The fourth-order valence-corrected chi connectivity index (χ4v) is 3.27. The molecule has 4 nitrogen and oxygen atoms in total. The Balaban J connectivity index is 1.66. The molecule has 1 N–H and O–H groups in total. The molecule has 0 aliphatic carbocycles. The van der Waals surface area contributed by atoms with E-state index in [1.807, 2.05) is 67.6 Å². The molecule has 1 aliphatic rings. The van der Waals surface area contributed by atoms with Gasteiger partial charge in [-0.05, 0) is 37.5 Å². The highest BCUT2D eigenvalue weighted by atomic mass is 16.5. The molecule has 2 aromatic rings. The van der Waals surface area contributed by atoms with Crippen LogP contribution in [0, 0.1) is 0 Å². The van der Waals surface area contributed by atoms with Crippen molar-refractivity contribution in [3.05, 3.63) is 66.2 Å². The predicted octanol–water partition coefficient (Wildman–Crippen LogP) is 3.32. The molecule has 4 heteroatoms. The molecule has 25 heavy (non-hydrogen) atoms. The summed E-state index contributed by atoms with van der Waals surface area (Å²) in [6.07, 6.45) is 1.41. The van der Waals surface area contributed by atoms with E-state index in [9.17, 15) is 4.79 Å². The first-order valence-electron chi connectivity index (χ1n) is 8.83. The third-order valence-corrected chi connectivity index (χ3v) is 4.73. The number of carbonyl (C=O) groups excluding carboxylic acids is 1. The summed E-state index contributed by atoms with van der Waals surface area (Å²) in [5, 5.41) is 3.14. The number of ether oxygens (including phenoxy) is 2. The summed E-state index contributed by atoms with van der Waals surface area (Å²) >= 11 is 0. The quantitative estimate of drug-likeness (QED) is 0.878. The summed E-state index contributed by atoms with van der Waals surface area (Å²) < 4.78 is 11.3. The summed E-state index contributed by atoms with van der Waals surface area (Å²) in [6.45, 7) is 3.63. The number of hydrogen-bond acceptors (Lipinski definition) is 3. The summed E-state index contributed by atoms with van der Waals surface area (Å²) in [4.78, 5) is 13.1. The van der Waals surface area contributed by atoms with Crippen molar-refractivity contribution in [1.82, 2.24) is 5.32 Å². The van der Waals surface area contributed by atoms with Crippen LogP contribution in [0.3, 0.4) is 0 Å². The molecule has 0 radical (unpaired) electrons. The maximum atomic E-state index is 13.1. The Labute approximate surface area is 149 Å². The number of para-hydroxylation sites is 1. The van der Waals surface area contributed by atoms with Crippen LogP contribution in [0.4, 0.5) is 0 Å². The van der Waals surface area contributed by atoms with Crippen molar-refractivity contribution in [2.24, 2.45) is 0 Å². The maximum absolute atomic E-state index is 13.1. The van der Waals surface area contributed by atoms with Crippen LogP contribution in [0.2, 0.25) is 0 Å². The minimum atomic E-state index is -0.513. The zero-order valence-corrected chi connectivity index (χ0v) is 14.6. The monoisotopic (exact) mass is 339 g/mol. The second-order valence-corrected chi connectivity index (χ2v) is 6.56. The Kier molecular flexibility index (Phi) is 5.71. The number of carbonyl (C=O) groups is 1. The fraction of sp³-hybridized carbons (Fsp3) is 0.381. The van der Waals surface area contributed by atoms with Crippen LogP contribution in [-0.2, 0) is 14.9 Å². The van der Waals surface area contributed by atoms with E-state index >= 15 is 0 Å². The van der Waals surface area contributed by atoms with Gasteiger partial charge in [0.1, 0.15) is 12.4 Å². The topological polar surface area (TPSA) is 47.6 Å². The summed E-state index contributed by atoms with van der Waals surface area (Å²) in [7, 11) is 0. The highest BCUT2D eigenvalue weighted by Crippen LogP contribution is 2.35. The molecule has 1 saturated heterocycles. The molecule has 0 spiro atoms. The Morgan fingerprint density at radius 3 is 2.32 bits per heavy atom. The second kappa shape index (κ2) is 8.17. The average molecular weight is 339 g/mol. The van der Waals surface area contributed by atoms with E-state index in [1.165, 1.54) is 0 Å². The van der Waals surface area contributed by atoms with Crippen LogP contribution >= 0.6 is 0 Å². The smallest absolute Gasteiger partial charge is 0.231 e. The van der Waals surface area contributed by atoms with Gasteiger partial charge in [0.05, 0.1) is 11.5 Å². The van der Waals surface area contributed by atoms with Gasteiger partial charge >= 0.3 is 0 Å². The molecule has 0 aromatic heterocycles. The van der Waals surface area contributed by atoms with E-state index in [0.29, 0.717) is 32.7 Å². The first-order chi connectivity index (χ1) is 12.2. The zero-order valence-electron chi connectivity index (χ0n) is 14.6. The van der Waals surface area contributed by atoms with E-state index in [-0.39, 0.29) is 11.9 Å². The van der Waals surface area contributed by atoms with Gasteiger partial charge in [-0.2, -0.15) is 0 Å². The minimum Gasteiger partial charge on any atom is -0.491 e. The van der Waals surface area contributed by atoms with E-state index in [1.54, 1.807) is 0 Å². The zero-order chi connectivity index (χ0) is 17.5. The van der Waals surface area contributed by atoms with E-state index < -0.39 is 5.41 Å². The lowest BCUT2D eigenvalue weighted by molar-refractivity contribution is -0.131. The first-order valence-corrected chi connectivity index (χ1v) is 8.83. The third kappa shape index (κ3) is 4.20. The van der Waals surface area contributed by atoms with Crippen LogP contribution in [0.15, 0.2) is 60.7 Å². The van der Waals surface area contributed by atoms with E-state index in [2.05, 4.69) is 5.32 Å². The molecule has 1 aliphatic heterocycles. The van der Waals surface area contributed by atoms with Crippen molar-refractivity contribution < 1.29 is 14.3 Å². The van der Waals surface area contributed by atoms with Crippen molar-refractivity contribution >= 4 is 5.91 Å². The molecule has 0 bridgehead atoms. The van der Waals surface area contributed by atoms with Gasteiger partial charge in [0.15, 0.2) is 0 Å². The van der Waals surface area contributed by atoms with Crippen LogP contribution < -0.4 is 10.1 Å². The van der Waals surface area contributed by atoms with Gasteiger partial charge in [-0.1, -0.05) is 48.5 Å². The van der Waals surface area contributed by atoms with E-state index in [4.69, 9.17) is 9.47 Å². The number of benzene rings is 2. The predicted molar refractivity (Wildman–Crippen MR) is 97.7 cm³/mol. The molecule has 1 fully saturated rings. The standard InChI is InChI=1S/C21H25NO3/c1-17(16-25-19-10-6-3-7-11-19)22-20(23)21(12-14-24-15-13-21)18-8-4-2-5-9-18/h2-11,17H,12-16H2,1H3,(H,22,23). The van der Waals surface area contributed by atoms with Crippen molar-refractivity contribution in [3.8, 4) is 5.75 Å². The first kappa shape index (κ1) is 17.5. The molecular weight excluding hydrogens is 314 g/mol.